The Labute approximate surface area is 528 Å². The Morgan fingerprint density at radius 1 is 0.589 bits per heavy atom. The predicted octanol–water partition coefficient (Wildman–Crippen LogP) is -2.75. The van der Waals surface area contributed by atoms with Gasteiger partial charge in [-0.1, -0.05) is 80.9 Å². The molecule has 0 aliphatic carbocycles. The molecule has 0 aromatic heterocycles. The number of hydrogen-bond donors (Lipinski definition) is 14. The third kappa shape index (κ3) is 25.6. The topological polar surface area (TPSA) is 470 Å². The Morgan fingerprint density at radius 3 is 1.66 bits per heavy atom. The summed E-state index contributed by atoms with van der Waals surface area (Å²) >= 11 is 1.41. The van der Waals surface area contributed by atoms with E-state index in [-0.39, 0.29) is 82.2 Å². The monoisotopic (exact) mass is 1280 g/mol. The maximum atomic E-state index is 14.5. The molecule has 30 heteroatoms. The van der Waals surface area contributed by atoms with Crippen molar-refractivity contribution in [2.75, 3.05) is 51.3 Å². The summed E-state index contributed by atoms with van der Waals surface area (Å²) in [5.41, 5.74) is 29.6. The van der Waals surface area contributed by atoms with Gasteiger partial charge in [0.1, 0.15) is 48.3 Å². The van der Waals surface area contributed by atoms with E-state index in [9.17, 15) is 62.6 Å². The highest BCUT2D eigenvalue weighted by Gasteiger charge is 2.41. The molecule has 4 rings (SSSR count). The number of likely N-dealkylation sites (tertiary alicyclic amines) is 2. The van der Waals surface area contributed by atoms with E-state index < -0.39 is 139 Å². The van der Waals surface area contributed by atoms with Gasteiger partial charge < -0.3 is 86.1 Å². The Bertz CT molecular complexity index is 2780. The van der Waals surface area contributed by atoms with Crippen molar-refractivity contribution in [2.45, 2.75) is 165 Å². The fourth-order valence-corrected chi connectivity index (χ4v) is 10.9. The molecule has 2 saturated heterocycles. The van der Waals surface area contributed by atoms with Gasteiger partial charge in [0.25, 0.3) is 0 Å². The maximum absolute atomic E-state index is 14.5. The molecule has 0 saturated carbocycles. The largest absolute Gasteiger partial charge is 0.480 e. The van der Waals surface area contributed by atoms with Crippen LogP contribution in [0.2, 0.25) is 0 Å². The minimum atomic E-state index is -1.52. The number of thioether (sulfide) groups is 1. The molecule has 9 atom stereocenters. The number of unbranched alkanes of at least 4 members (excludes halogenated alkanes) is 1. The van der Waals surface area contributed by atoms with E-state index >= 15 is 0 Å². The normalized spacial score (nSPS) is 16.8. The number of aliphatic carboxylic acids is 1. The molecular formula is C60H92N16O13S. The van der Waals surface area contributed by atoms with Crippen molar-refractivity contribution in [3.8, 4) is 0 Å². The number of amides is 11. The average Bonchev–Trinajstić information content (AvgIpc) is 2.00. The summed E-state index contributed by atoms with van der Waals surface area (Å²) in [6.45, 7) is 3.23. The highest BCUT2D eigenvalue weighted by atomic mass is 32.2. The van der Waals surface area contributed by atoms with Crippen molar-refractivity contribution in [1.82, 2.24) is 52.3 Å². The molecule has 2 aliphatic heterocycles. The van der Waals surface area contributed by atoms with Crippen LogP contribution in [0.3, 0.4) is 0 Å². The van der Waals surface area contributed by atoms with E-state index in [1.54, 1.807) is 66.9 Å². The molecule has 2 heterocycles. The lowest BCUT2D eigenvalue weighted by atomic mass is 10.0. The minimum absolute atomic E-state index is 0.0582. The van der Waals surface area contributed by atoms with Gasteiger partial charge in [0, 0.05) is 38.9 Å². The van der Waals surface area contributed by atoms with Crippen molar-refractivity contribution >= 4 is 88.7 Å². The highest BCUT2D eigenvalue weighted by molar-refractivity contribution is 7.98. The third-order valence-electron chi connectivity index (χ3n) is 15.1. The van der Waals surface area contributed by atoms with Crippen molar-refractivity contribution in [1.29, 1.82) is 0 Å². The molecule has 2 aliphatic rings. The van der Waals surface area contributed by atoms with Gasteiger partial charge in [-0.3, -0.25) is 57.7 Å². The molecule has 29 nitrogen and oxygen atoms in total. The molecule has 11 amide bonds. The van der Waals surface area contributed by atoms with E-state index in [4.69, 9.17) is 28.7 Å². The number of rotatable bonds is 39. The number of nitrogens with one attached hydrogen (secondary N) is 8. The first-order chi connectivity index (χ1) is 42.9. The van der Waals surface area contributed by atoms with Gasteiger partial charge >= 0.3 is 5.97 Å². The summed E-state index contributed by atoms with van der Waals surface area (Å²) in [7, 11) is 0. The van der Waals surface area contributed by atoms with Crippen molar-refractivity contribution in [3.05, 3.63) is 71.8 Å². The van der Waals surface area contributed by atoms with Gasteiger partial charge in [-0.25, -0.2) is 4.79 Å². The van der Waals surface area contributed by atoms with Crippen LogP contribution < -0.4 is 71.2 Å². The number of hydrogen-bond acceptors (Lipinski definition) is 16. The zero-order valence-corrected chi connectivity index (χ0v) is 52.4. The van der Waals surface area contributed by atoms with Crippen LogP contribution in [-0.2, 0) is 70.4 Å². The second-order valence-corrected chi connectivity index (χ2v) is 23.8. The van der Waals surface area contributed by atoms with Gasteiger partial charge in [-0.05, 0) is 106 Å². The molecule has 0 bridgehead atoms. The molecule has 0 radical (unpaired) electrons. The predicted molar refractivity (Wildman–Crippen MR) is 337 cm³/mol. The minimum Gasteiger partial charge on any atom is -0.480 e. The number of guanidine groups is 1. The maximum Gasteiger partial charge on any atom is 0.326 e. The van der Waals surface area contributed by atoms with E-state index in [0.29, 0.717) is 68.5 Å². The second kappa shape index (κ2) is 38.9. The molecule has 0 spiro atoms. The molecule has 19 N–H and O–H groups in total. The first-order valence-electron chi connectivity index (χ1n) is 30.5. The molecule has 2 aromatic rings. The van der Waals surface area contributed by atoms with Crippen molar-refractivity contribution in [3.63, 3.8) is 0 Å². The quantitative estimate of drug-likeness (QED) is 0.0183. The second-order valence-electron chi connectivity index (χ2n) is 22.8. The lowest BCUT2D eigenvalue weighted by Crippen LogP contribution is -2.59. The Balaban J connectivity index is 1.49. The summed E-state index contributed by atoms with van der Waals surface area (Å²) in [5, 5.41) is 30.5. The lowest BCUT2D eigenvalue weighted by Gasteiger charge is -2.31. The lowest BCUT2D eigenvalue weighted by molar-refractivity contribution is -0.144. The van der Waals surface area contributed by atoms with Crippen LogP contribution in [0.4, 0.5) is 0 Å². The Hall–Kier alpha value is -8.38. The van der Waals surface area contributed by atoms with E-state index in [2.05, 4.69) is 47.5 Å². The van der Waals surface area contributed by atoms with Crippen LogP contribution in [0, 0.1) is 5.92 Å². The van der Waals surface area contributed by atoms with Crippen molar-refractivity contribution < 1.29 is 62.6 Å². The van der Waals surface area contributed by atoms with Crippen LogP contribution in [0.25, 0.3) is 0 Å². The number of aliphatic imine (C=N–C) groups is 1. The smallest absolute Gasteiger partial charge is 0.326 e. The van der Waals surface area contributed by atoms with Gasteiger partial charge in [-0.15, -0.1) is 0 Å². The third-order valence-corrected chi connectivity index (χ3v) is 15.8. The fourth-order valence-electron chi connectivity index (χ4n) is 10.4. The van der Waals surface area contributed by atoms with Gasteiger partial charge in [0.15, 0.2) is 5.96 Å². The van der Waals surface area contributed by atoms with Gasteiger partial charge in [-0.2, -0.15) is 11.8 Å². The Morgan fingerprint density at radius 2 is 1.11 bits per heavy atom. The summed E-state index contributed by atoms with van der Waals surface area (Å²) in [6, 6.07) is 6.42. The highest BCUT2D eigenvalue weighted by Crippen LogP contribution is 2.23. The molecule has 90 heavy (non-hydrogen) atoms. The van der Waals surface area contributed by atoms with Crippen LogP contribution in [0.1, 0.15) is 108 Å². The zero-order chi connectivity index (χ0) is 66.3. The zero-order valence-electron chi connectivity index (χ0n) is 51.6. The number of benzene rings is 2. The number of nitrogens with two attached hydrogens (primary N) is 5. The number of primary amides is 1. The van der Waals surface area contributed by atoms with E-state index in [0.717, 1.165) is 0 Å². The fraction of sp³-hybridized carbons (Fsp3) is 0.583. The van der Waals surface area contributed by atoms with Crippen LogP contribution in [0.5, 0.6) is 0 Å². The SMILES string of the molecule is CSCC[C@H](NC(=O)[C@H](CC(C)C)NC(=O)CNC(=O)[C@H](Cc1ccccc1)NC(=O)[C@H](Cc1ccccc1)NC(=O)[C@H](CCC(N)=O)NC(=O)CNC(=O)[C@@H]1CCCN1C(=O)[C@H](CCCN=C(N)N)NC(=O)[C@@H]1CCCN1C(=O)[C@@H](N)CCCCN)C(=O)O. The van der Waals surface area contributed by atoms with E-state index in [1.165, 1.54) is 21.6 Å². The van der Waals surface area contributed by atoms with Gasteiger partial charge in [0.2, 0.25) is 65.0 Å². The summed E-state index contributed by atoms with van der Waals surface area (Å²) in [6.07, 6.45) is 4.53. The number of carbonyl (C=O) groups excluding carboxylic acids is 11. The molecule has 496 valence electrons. The van der Waals surface area contributed by atoms with Gasteiger partial charge in [0.05, 0.1) is 19.1 Å². The Kier molecular flexibility index (Phi) is 32.0. The summed E-state index contributed by atoms with van der Waals surface area (Å²) in [4.78, 5) is 170. The standard InChI is InChI=1S/C60H92N16O13S/c1-36(2)31-43(53(82)72-42(59(88)89)25-30-90-3)70-50(79)34-67-51(80)44(32-37-15-6-4-7-16-37)73-54(83)45(33-38-17-8-5-9-18-38)74-52(81)40(23-24-48(63)77)69-49(78)35-68-55(84)46-21-13-29-76(46)58(87)41(20-12-27-66-60(64)65)71-56(85)47-22-14-28-75(47)57(86)39(62)19-10-11-26-61/h4-9,15-18,36,39-47H,10-14,19-35,61-62H2,1-3H3,(H2,63,77)(H,67,80)(H,68,84)(H,69,78)(H,70,79)(H,71,85)(H,72,82)(H,73,83)(H,74,81)(H,88,89)(H4,64,65,66)/t39-,40-,41-,42-,43-,44-,45-,46-,47-/m0/s1. The number of nitrogens with zero attached hydrogens (tertiary/aromatic N) is 3. The molecule has 2 fully saturated rings. The molecule has 2 aromatic carbocycles. The molecular weight excluding hydrogens is 1180 g/mol. The first kappa shape index (κ1) is 74.1. The van der Waals surface area contributed by atoms with E-state index in [1.807, 2.05) is 13.8 Å². The summed E-state index contributed by atoms with van der Waals surface area (Å²) < 4.78 is 0. The van der Waals surface area contributed by atoms with Crippen LogP contribution in [0.15, 0.2) is 65.7 Å². The number of carboxylic acid groups (broad SMARTS) is 1. The van der Waals surface area contributed by atoms with Crippen LogP contribution >= 0.6 is 11.8 Å². The number of carboxylic acids is 1. The number of carbonyl (C=O) groups is 12. The molecule has 0 unspecified atom stereocenters. The summed E-state index contributed by atoms with van der Waals surface area (Å²) in [5.74, 6) is -9.19. The van der Waals surface area contributed by atoms with Crippen molar-refractivity contribution in [2.24, 2.45) is 39.6 Å². The van der Waals surface area contributed by atoms with Crippen LogP contribution in [-0.4, -0.2) is 197 Å². The first-order valence-corrected chi connectivity index (χ1v) is 31.9. The average molecular weight is 1280 g/mol.